The predicted molar refractivity (Wildman–Crippen MR) is 100 cm³/mol. The van der Waals surface area contributed by atoms with Crippen molar-refractivity contribution in [3.8, 4) is 5.88 Å². The fourth-order valence-electron chi connectivity index (χ4n) is 3.60. The Hall–Kier alpha value is -2.77. The second-order valence-electron chi connectivity index (χ2n) is 7.07. The van der Waals surface area contributed by atoms with E-state index in [-0.39, 0.29) is 12.2 Å². The molecule has 0 aromatic carbocycles. The first-order valence-electron chi connectivity index (χ1n) is 9.63. The number of carbonyl (C=O) groups excluding carboxylic acids is 1. The lowest BCUT2D eigenvalue weighted by atomic mass is 10.0. The summed E-state index contributed by atoms with van der Waals surface area (Å²) in [5.74, 6) is 2.32. The molecule has 1 aliphatic carbocycles. The van der Waals surface area contributed by atoms with E-state index in [9.17, 15) is 4.79 Å². The zero-order chi connectivity index (χ0) is 18.5. The minimum absolute atomic E-state index is 0.0384. The summed E-state index contributed by atoms with van der Waals surface area (Å²) in [4.78, 5) is 16.4. The monoisotopic (exact) mass is 371 g/mol. The molecule has 2 atom stereocenters. The highest BCUT2D eigenvalue weighted by Crippen LogP contribution is 2.36. The number of anilines is 2. The van der Waals surface area contributed by atoms with Crippen molar-refractivity contribution in [2.24, 2.45) is 0 Å². The van der Waals surface area contributed by atoms with Crippen molar-refractivity contribution >= 4 is 17.7 Å². The molecule has 8 heteroatoms. The van der Waals surface area contributed by atoms with Gasteiger partial charge >= 0.3 is 6.09 Å². The van der Waals surface area contributed by atoms with Crippen LogP contribution in [-0.4, -0.2) is 40.5 Å². The van der Waals surface area contributed by atoms with E-state index in [1.54, 1.807) is 0 Å². The zero-order valence-corrected chi connectivity index (χ0v) is 15.2. The molecule has 27 heavy (non-hydrogen) atoms. The summed E-state index contributed by atoms with van der Waals surface area (Å²) in [7, 11) is 0. The number of alkyl carbamates (subject to hydrolysis) is 1. The molecule has 1 amide bonds. The average Bonchev–Trinajstić information content (AvgIpc) is 3.30. The zero-order valence-electron chi connectivity index (χ0n) is 15.2. The van der Waals surface area contributed by atoms with Crippen LogP contribution in [-0.2, 0) is 4.74 Å². The van der Waals surface area contributed by atoms with Crippen LogP contribution >= 0.6 is 0 Å². The number of aromatic amines is 1. The quantitative estimate of drug-likeness (QED) is 0.655. The second-order valence-corrected chi connectivity index (χ2v) is 7.07. The number of rotatable bonds is 0. The highest BCUT2D eigenvalue weighted by atomic mass is 16.6. The largest absolute Gasteiger partial charge is 0.478 e. The van der Waals surface area contributed by atoms with Crippen LogP contribution in [0.25, 0.3) is 0 Å². The van der Waals surface area contributed by atoms with Crippen LogP contribution in [0.2, 0.25) is 0 Å². The topological polar surface area (TPSA) is 101 Å². The van der Waals surface area contributed by atoms with Gasteiger partial charge in [0.15, 0.2) is 5.82 Å². The maximum absolute atomic E-state index is 11.9. The molecule has 2 aromatic heterocycles. The van der Waals surface area contributed by atoms with Crippen molar-refractivity contribution in [3.63, 3.8) is 0 Å². The van der Waals surface area contributed by atoms with Crippen LogP contribution in [0.3, 0.4) is 0 Å². The molecule has 144 valence electrons. The Morgan fingerprint density at radius 2 is 2.07 bits per heavy atom. The van der Waals surface area contributed by atoms with Gasteiger partial charge in [-0.3, -0.25) is 5.10 Å². The third-order valence-electron chi connectivity index (χ3n) is 5.02. The van der Waals surface area contributed by atoms with Gasteiger partial charge in [-0.25, -0.2) is 4.79 Å². The number of fused-ring (bicyclic) bond motifs is 7. The fourth-order valence-corrected chi connectivity index (χ4v) is 3.60. The Kier molecular flexibility index (Phi) is 5.41. The third-order valence-corrected chi connectivity index (χ3v) is 5.02. The number of hydrogen-bond donors (Lipinski definition) is 3. The molecular formula is C19H25N5O3. The number of carbonyl (C=O) groups is 1. The van der Waals surface area contributed by atoms with E-state index in [1.165, 1.54) is 0 Å². The van der Waals surface area contributed by atoms with Crippen LogP contribution in [0.15, 0.2) is 24.3 Å². The Balaban J connectivity index is 1.48. The summed E-state index contributed by atoms with van der Waals surface area (Å²) < 4.78 is 11.3. The molecule has 3 heterocycles. The number of hydrogen-bond acceptors (Lipinski definition) is 6. The molecule has 4 rings (SSSR count). The first-order chi connectivity index (χ1) is 13.3. The minimum atomic E-state index is -0.318. The average molecular weight is 371 g/mol. The van der Waals surface area contributed by atoms with Crippen molar-refractivity contribution in [1.82, 2.24) is 20.5 Å². The lowest BCUT2D eigenvalue weighted by Gasteiger charge is -2.13. The van der Waals surface area contributed by atoms with Gasteiger partial charge in [0.1, 0.15) is 11.9 Å². The lowest BCUT2D eigenvalue weighted by Crippen LogP contribution is -2.28. The highest BCUT2D eigenvalue weighted by molar-refractivity contribution is 5.67. The lowest BCUT2D eigenvalue weighted by molar-refractivity contribution is 0.100. The number of H-pyrrole nitrogens is 1. The number of nitrogens with one attached hydrogen (secondary N) is 3. The summed E-state index contributed by atoms with van der Waals surface area (Å²) in [5, 5.41) is 13.5. The van der Waals surface area contributed by atoms with Crippen molar-refractivity contribution < 1.29 is 14.3 Å². The number of nitrogens with zero attached hydrogens (tertiary/aromatic N) is 2. The van der Waals surface area contributed by atoms with Gasteiger partial charge in [0.25, 0.3) is 0 Å². The van der Waals surface area contributed by atoms with Gasteiger partial charge in [0.05, 0.1) is 6.61 Å². The summed E-state index contributed by atoms with van der Waals surface area (Å²) in [6.45, 7) is 1.22. The maximum atomic E-state index is 11.9. The number of pyridine rings is 1. The smallest absolute Gasteiger partial charge is 0.407 e. The van der Waals surface area contributed by atoms with Crippen LogP contribution in [0.5, 0.6) is 5.88 Å². The first kappa shape index (κ1) is 17.6. The molecule has 6 bridgehead atoms. The van der Waals surface area contributed by atoms with Crippen molar-refractivity contribution in [1.29, 1.82) is 0 Å². The van der Waals surface area contributed by atoms with Crippen molar-refractivity contribution in [2.75, 3.05) is 18.5 Å². The summed E-state index contributed by atoms with van der Waals surface area (Å²) in [6.07, 6.45) is 5.09. The van der Waals surface area contributed by atoms with Gasteiger partial charge in [-0.1, -0.05) is 6.07 Å². The van der Waals surface area contributed by atoms with Crippen LogP contribution < -0.4 is 15.4 Å². The Bertz CT molecular complexity index is 778. The standard InChI is InChI=1S/C19H25N5O3/c25-19-20-9-2-1-3-10-26-18-6-4-5-16(22-18)21-17-12-15(23-24-17)13-7-8-14(11-13)27-19/h4-6,12-14H,1-3,7-11H2,(H,20,25)(H2,21,22,23,24)/t13-,14+/m0/s1. The van der Waals surface area contributed by atoms with Gasteiger partial charge in [-0.2, -0.15) is 10.1 Å². The van der Waals surface area contributed by atoms with Crippen molar-refractivity contribution in [2.45, 2.75) is 50.5 Å². The number of aromatic nitrogens is 3. The SMILES string of the molecule is O=C1NCCCCCOc2cccc(n2)Nc2cc([nH]n2)[C@H]2CC[C@H](C2)O1. The molecule has 1 aliphatic heterocycles. The fraction of sp³-hybridized carbons (Fsp3) is 0.526. The maximum Gasteiger partial charge on any atom is 0.407 e. The molecule has 8 nitrogen and oxygen atoms in total. The summed E-state index contributed by atoms with van der Waals surface area (Å²) in [5.41, 5.74) is 1.05. The van der Waals surface area contributed by atoms with E-state index in [0.717, 1.165) is 50.0 Å². The number of amides is 1. The van der Waals surface area contributed by atoms with E-state index < -0.39 is 0 Å². The van der Waals surface area contributed by atoms with Gasteiger partial charge < -0.3 is 20.1 Å². The van der Waals surface area contributed by atoms with Crippen LogP contribution in [0, 0.1) is 0 Å². The molecule has 0 saturated heterocycles. The van der Waals surface area contributed by atoms with E-state index in [1.807, 2.05) is 24.3 Å². The minimum Gasteiger partial charge on any atom is -0.478 e. The Morgan fingerprint density at radius 3 is 3.04 bits per heavy atom. The Morgan fingerprint density at radius 1 is 1.11 bits per heavy atom. The molecule has 0 spiro atoms. The van der Waals surface area contributed by atoms with E-state index in [0.29, 0.717) is 30.8 Å². The van der Waals surface area contributed by atoms with Crippen LogP contribution in [0.4, 0.5) is 16.4 Å². The first-order valence-corrected chi connectivity index (χ1v) is 9.63. The van der Waals surface area contributed by atoms with Crippen LogP contribution in [0.1, 0.15) is 50.1 Å². The summed E-state index contributed by atoms with van der Waals surface area (Å²) >= 11 is 0. The van der Waals surface area contributed by atoms with E-state index >= 15 is 0 Å². The third kappa shape index (κ3) is 4.69. The van der Waals surface area contributed by atoms with Gasteiger partial charge in [0, 0.05) is 30.3 Å². The van der Waals surface area contributed by atoms with E-state index in [4.69, 9.17) is 9.47 Å². The molecular weight excluding hydrogens is 346 g/mol. The molecule has 0 unspecified atom stereocenters. The molecule has 1 fully saturated rings. The molecule has 2 aromatic rings. The second kappa shape index (κ2) is 8.28. The molecule has 1 saturated carbocycles. The van der Waals surface area contributed by atoms with Gasteiger partial charge in [-0.05, 0) is 44.6 Å². The van der Waals surface area contributed by atoms with Gasteiger partial charge in [0.2, 0.25) is 5.88 Å². The normalized spacial score (nSPS) is 23.6. The highest BCUT2D eigenvalue weighted by Gasteiger charge is 2.29. The molecule has 0 radical (unpaired) electrons. The Labute approximate surface area is 158 Å². The molecule has 3 N–H and O–H groups in total. The van der Waals surface area contributed by atoms with E-state index in [2.05, 4.69) is 25.8 Å². The summed E-state index contributed by atoms with van der Waals surface area (Å²) in [6, 6.07) is 7.64. The van der Waals surface area contributed by atoms with Gasteiger partial charge in [-0.15, -0.1) is 0 Å². The predicted octanol–water partition coefficient (Wildman–Crippen LogP) is 3.47. The van der Waals surface area contributed by atoms with Crippen molar-refractivity contribution in [3.05, 3.63) is 30.0 Å². The number of ether oxygens (including phenoxy) is 2. The molecule has 2 aliphatic rings.